The van der Waals surface area contributed by atoms with E-state index in [-0.39, 0.29) is 0 Å². The van der Waals surface area contributed by atoms with Crippen LogP contribution >= 0.6 is 9.07 Å². The highest BCUT2D eigenvalue weighted by molar-refractivity contribution is 6.94. The molecule has 0 aliphatic rings. The maximum Gasteiger partial charge on any atom is 0.597 e. The summed E-state index contributed by atoms with van der Waals surface area (Å²) >= 11 is -1.51. The molecule has 0 saturated carbocycles. The van der Waals surface area contributed by atoms with Crippen LogP contribution in [0.2, 0.25) is 0 Å². The predicted octanol–water partition coefficient (Wildman–Crippen LogP) is 1.07. The fraction of sp³-hybridized carbons (Fsp3) is 1.00. The van der Waals surface area contributed by atoms with Crippen LogP contribution in [0.3, 0.4) is 0 Å². The Balaban J connectivity index is 2.54. The number of hydrogen-bond donors (Lipinski definition) is 0. The van der Waals surface area contributed by atoms with Crippen LogP contribution in [0.25, 0.3) is 0 Å². The van der Waals surface area contributed by atoms with E-state index in [4.69, 9.17) is 9.07 Å². The minimum atomic E-state index is -2.21. The third-order valence-corrected chi connectivity index (χ3v) is 1.05. The molecule has 0 aromatic carbocycles. The topological polar surface area (TPSA) is 0 Å². The average Bonchev–Trinajstić information content (AvgIpc) is 1.38. The van der Waals surface area contributed by atoms with Gasteiger partial charge >= 0.3 is 19.3 Å². The molecule has 0 atom stereocenters. The van der Waals surface area contributed by atoms with Crippen molar-refractivity contribution in [2.45, 2.75) is 4.55 Å². The summed E-state index contributed by atoms with van der Waals surface area (Å²) in [6.45, 7) is 0. The summed E-state index contributed by atoms with van der Waals surface area (Å²) in [5.74, 6) is 0. The third kappa shape index (κ3) is 4.92. The van der Waals surface area contributed by atoms with Crippen molar-refractivity contribution in [1.82, 2.24) is 0 Å². The molecule has 5 heavy (non-hydrogen) atoms. The van der Waals surface area contributed by atoms with Gasteiger partial charge in [-0.3, -0.25) is 0 Å². The van der Waals surface area contributed by atoms with Gasteiger partial charge < -0.3 is 9.07 Å². The van der Waals surface area contributed by atoms with Gasteiger partial charge in [0.15, 0.2) is 4.55 Å². The van der Waals surface area contributed by atoms with Crippen molar-refractivity contribution in [3.63, 3.8) is 0 Å². The molecule has 0 aromatic heterocycles. The fourth-order valence-electron chi connectivity index (χ4n) is 0. The maximum absolute atomic E-state index is 10.7. The summed E-state index contributed by atoms with van der Waals surface area (Å²) in [6.07, 6.45) is 0. The van der Waals surface area contributed by atoms with Crippen molar-refractivity contribution in [3.05, 3.63) is 0 Å². The van der Waals surface area contributed by atoms with Crippen LogP contribution in [-0.4, -0.2) is 23.8 Å². The Morgan fingerprint density at radius 2 is 1.80 bits per heavy atom. The molecule has 28 valence electrons. The second-order valence-electron chi connectivity index (χ2n) is 0.545. The SMILES string of the molecule is F[CH](F)[Mg][Cl]. The van der Waals surface area contributed by atoms with Crippen molar-refractivity contribution in [2.24, 2.45) is 0 Å². The normalized spacial score (nSPS) is 8.00. The summed E-state index contributed by atoms with van der Waals surface area (Å²) in [6, 6.07) is 0. The van der Waals surface area contributed by atoms with Crippen LogP contribution in [0, 0.1) is 0 Å². The molecule has 0 saturated heterocycles. The predicted molar refractivity (Wildman–Crippen MR) is 17.6 cm³/mol. The zero-order valence-electron chi connectivity index (χ0n) is 2.42. The highest BCUT2D eigenvalue weighted by Gasteiger charge is 2.03. The number of hydrogen-bond acceptors (Lipinski definition) is 0. The van der Waals surface area contributed by atoms with Crippen LogP contribution in [0.5, 0.6) is 0 Å². The Bertz CT molecular complexity index is 23.6. The van der Waals surface area contributed by atoms with E-state index >= 15 is 0 Å². The van der Waals surface area contributed by atoms with Crippen LogP contribution in [0.4, 0.5) is 8.78 Å². The molecule has 0 fully saturated rings. The van der Waals surface area contributed by atoms with E-state index in [1.807, 2.05) is 0 Å². The summed E-state index contributed by atoms with van der Waals surface area (Å²) in [5.41, 5.74) is 0. The lowest BCUT2D eigenvalue weighted by molar-refractivity contribution is 0.241. The zero-order valence-corrected chi connectivity index (χ0v) is 4.59. The molecule has 0 unspecified atom stereocenters. The van der Waals surface area contributed by atoms with Crippen LogP contribution < -0.4 is 0 Å². The van der Waals surface area contributed by atoms with Crippen LogP contribution in [0.15, 0.2) is 0 Å². The zero-order chi connectivity index (χ0) is 4.28. The average molecular weight is 111 g/mol. The van der Waals surface area contributed by atoms with E-state index < -0.39 is 23.8 Å². The van der Waals surface area contributed by atoms with Gasteiger partial charge in [-0.2, -0.15) is 0 Å². The van der Waals surface area contributed by atoms with E-state index in [0.717, 1.165) is 0 Å². The first kappa shape index (κ1) is 5.92. The Kier molecular flexibility index (Phi) is 3.69. The quantitative estimate of drug-likeness (QED) is 0.443. The summed E-state index contributed by atoms with van der Waals surface area (Å²) in [7, 11) is 4.73. The van der Waals surface area contributed by atoms with E-state index in [2.05, 4.69) is 0 Å². The van der Waals surface area contributed by atoms with Crippen molar-refractivity contribution < 1.29 is 8.78 Å². The number of rotatable bonds is 1. The first-order valence-corrected chi connectivity index (χ1v) is 4.07. The maximum atomic E-state index is 10.7. The molecule has 0 nitrogen and oxygen atoms in total. The van der Waals surface area contributed by atoms with E-state index in [1.165, 1.54) is 0 Å². The Hall–Kier alpha value is 0.916. The monoisotopic (exact) mass is 110 g/mol. The lowest BCUT2D eigenvalue weighted by Crippen LogP contribution is -1.92. The smallest absolute Gasteiger partial charge is 0.334 e. The van der Waals surface area contributed by atoms with Crippen LogP contribution in [-0.2, 0) is 0 Å². The van der Waals surface area contributed by atoms with Gasteiger partial charge in [0.25, 0.3) is 0 Å². The molecular formula is CHClF2Mg. The molecule has 0 aliphatic heterocycles. The van der Waals surface area contributed by atoms with Gasteiger partial charge in [0.1, 0.15) is 0 Å². The summed E-state index contributed by atoms with van der Waals surface area (Å²) in [4.78, 5) is 0. The van der Waals surface area contributed by atoms with Crippen LogP contribution in [0.1, 0.15) is 0 Å². The van der Waals surface area contributed by atoms with E-state index in [0.29, 0.717) is 0 Å². The Morgan fingerprint density at radius 1 is 1.60 bits per heavy atom. The molecular weight excluding hydrogens is 110 g/mol. The first-order chi connectivity index (χ1) is 2.27. The molecule has 4 heteroatoms. The molecule has 0 radical (unpaired) electrons. The molecule has 0 aromatic rings. The van der Waals surface area contributed by atoms with Gasteiger partial charge in [-0.1, -0.05) is 0 Å². The standard InChI is InChI=1S/CHF2.ClH.Mg/c2-1-3;;/h1H;1H;/q;;+1/p-1. The van der Waals surface area contributed by atoms with Crippen molar-refractivity contribution in [3.8, 4) is 0 Å². The van der Waals surface area contributed by atoms with Gasteiger partial charge in [-0.15, -0.1) is 0 Å². The van der Waals surface area contributed by atoms with Crippen molar-refractivity contribution in [1.29, 1.82) is 0 Å². The lowest BCUT2D eigenvalue weighted by Gasteiger charge is -1.76. The fourth-order valence-corrected chi connectivity index (χ4v) is 0. The highest BCUT2D eigenvalue weighted by atomic mass is 35.5. The van der Waals surface area contributed by atoms with Crippen molar-refractivity contribution >= 4 is 28.3 Å². The number of alkyl halides is 2. The van der Waals surface area contributed by atoms with Crippen molar-refractivity contribution in [2.75, 3.05) is 0 Å². The molecule has 0 rings (SSSR count). The minimum Gasteiger partial charge on any atom is -0.334 e. The Morgan fingerprint density at radius 3 is 1.80 bits per heavy atom. The molecule has 0 N–H and O–H groups in total. The molecule has 0 spiro atoms. The van der Waals surface area contributed by atoms with Gasteiger partial charge in [-0.25, -0.2) is 8.78 Å². The minimum absolute atomic E-state index is 1.51. The van der Waals surface area contributed by atoms with E-state index in [1.54, 1.807) is 0 Å². The molecule has 0 heterocycles. The lowest BCUT2D eigenvalue weighted by atomic mass is 11.7. The highest BCUT2D eigenvalue weighted by Crippen LogP contribution is 1.88. The van der Waals surface area contributed by atoms with Gasteiger partial charge in [-0.05, 0) is 0 Å². The van der Waals surface area contributed by atoms with E-state index in [9.17, 15) is 8.78 Å². The van der Waals surface area contributed by atoms with Gasteiger partial charge in [0.05, 0.1) is 0 Å². The summed E-state index contributed by atoms with van der Waals surface area (Å²) in [5, 5.41) is 0. The number of halogens is 3. The summed E-state index contributed by atoms with van der Waals surface area (Å²) < 4.78 is 19.2. The largest absolute Gasteiger partial charge is 0.597 e. The molecule has 0 aliphatic carbocycles. The molecule has 0 amide bonds. The van der Waals surface area contributed by atoms with Gasteiger partial charge in [0.2, 0.25) is 0 Å². The van der Waals surface area contributed by atoms with Gasteiger partial charge in [0, 0.05) is 0 Å². The Labute approximate surface area is 42.0 Å². The second-order valence-corrected chi connectivity index (χ2v) is 2.40. The molecule has 0 bridgehead atoms. The second kappa shape index (κ2) is 3.12. The third-order valence-electron chi connectivity index (χ3n) is 0.117. The first-order valence-electron chi connectivity index (χ1n) is 1.11.